The lowest BCUT2D eigenvalue weighted by atomic mass is 9.78. The second-order valence-corrected chi connectivity index (χ2v) is 8.64. The Hall–Kier alpha value is -3.06. The van der Waals surface area contributed by atoms with Gasteiger partial charge in [0.25, 0.3) is 0 Å². The van der Waals surface area contributed by atoms with Crippen molar-refractivity contribution in [1.82, 2.24) is 0 Å². The molecule has 1 fully saturated rings. The molecule has 1 heterocycles. The second-order valence-electron chi connectivity index (χ2n) is 7.72. The third-order valence-corrected chi connectivity index (χ3v) is 6.24. The monoisotopic (exact) mass is 481 g/mol. The Morgan fingerprint density at radius 3 is 2.52 bits per heavy atom. The van der Waals surface area contributed by atoms with E-state index in [4.69, 9.17) is 4.74 Å². The molecule has 2 amide bonds. The number of rotatable bonds is 5. The molecule has 3 atom stereocenters. The standard InChI is InChI=1S/C24H20BrNO5/c1-14-4-2-7-19-21(14)23(29)26(22(19)28)18-6-3-5-16(12-18)24(30)31-13-20(27)15-8-10-17(25)11-9-15/h2-6,8-12,14,19,21H,7,13H2,1H3/t14-,19-,21-/m1/s1. The number of allylic oxidation sites excluding steroid dienone is 2. The molecule has 7 heteroatoms. The summed E-state index contributed by atoms with van der Waals surface area (Å²) in [6.45, 7) is 1.53. The van der Waals surface area contributed by atoms with Crippen molar-refractivity contribution >= 4 is 45.2 Å². The largest absolute Gasteiger partial charge is 0.454 e. The maximum absolute atomic E-state index is 12.9. The minimum absolute atomic E-state index is 0.0158. The second kappa shape index (κ2) is 8.59. The Bertz CT molecular complexity index is 1090. The molecule has 0 N–H and O–H groups in total. The molecule has 1 aliphatic heterocycles. The van der Waals surface area contributed by atoms with E-state index in [0.29, 0.717) is 17.7 Å². The van der Waals surface area contributed by atoms with E-state index in [1.54, 1.807) is 36.4 Å². The van der Waals surface area contributed by atoms with Crippen molar-refractivity contribution in [3.05, 3.63) is 76.3 Å². The number of benzene rings is 2. The van der Waals surface area contributed by atoms with Crippen molar-refractivity contribution < 1.29 is 23.9 Å². The first-order valence-corrected chi connectivity index (χ1v) is 10.8. The van der Waals surface area contributed by atoms with Crippen LogP contribution in [-0.4, -0.2) is 30.2 Å². The molecule has 31 heavy (non-hydrogen) atoms. The van der Waals surface area contributed by atoms with Crippen LogP contribution in [-0.2, 0) is 14.3 Å². The molecule has 1 aliphatic carbocycles. The molecule has 2 aliphatic rings. The molecule has 0 radical (unpaired) electrons. The molecule has 6 nitrogen and oxygen atoms in total. The number of fused-ring (bicyclic) bond motifs is 1. The molecule has 1 saturated heterocycles. The van der Waals surface area contributed by atoms with Gasteiger partial charge in [-0.15, -0.1) is 0 Å². The van der Waals surface area contributed by atoms with Crippen LogP contribution in [0.3, 0.4) is 0 Å². The third-order valence-electron chi connectivity index (χ3n) is 5.71. The number of Topliss-reactive ketones (excluding diaryl/α,β-unsaturated/α-hetero) is 1. The van der Waals surface area contributed by atoms with Crippen molar-refractivity contribution in [3.63, 3.8) is 0 Å². The molecule has 0 saturated carbocycles. The molecule has 158 valence electrons. The number of carbonyl (C=O) groups is 4. The maximum atomic E-state index is 12.9. The molecular formula is C24H20BrNO5. The summed E-state index contributed by atoms with van der Waals surface area (Å²) in [5, 5.41) is 0. The van der Waals surface area contributed by atoms with Crippen molar-refractivity contribution in [3.8, 4) is 0 Å². The fourth-order valence-corrected chi connectivity index (χ4v) is 4.37. The van der Waals surface area contributed by atoms with Crippen LogP contribution < -0.4 is 4.90 Å². The van der Waals surface area contributed by atoms with Gasteiger partial charge in [0.1, 0.15) is 0 Å². The van der Waals surface area contributed by atoms with Crippen molar-refractivity contribution in [2.24, 2.45) is 17.8 Å². The maximum Gasteiger partial charge on any atom is 0.338 e. The number of amides is 2. The van der Waals surface area contributed by atoms with Gasteiger partial charge in [-0.05, 0) is 42.7 Å². The highest BCUT2D eigenvalue weighted by Gasteiger charge is 2.50. The number of esters is 1. The van der Waals surface area contributed by atoms with E-state index >= 15 is 0 Å². The predicted molar refractivity (Wildman–Crippen MR) is 118 cm³/mol. The number of ketones is 1. The van der Waals surface area contributed by atoms with Crippen LogP contribution in [0.1, 0.15) is 34.1 Å². The van der Waals surface area contributed by atoms with E-state index < -0.39 is 12.6 Å². The van der Waals surface area contributed by atoms with Gasteiger partial charge in [0.2, 0.25) is 11.8 Å². The quantitative estimate of drug-likeness (QED) is 0.276. The zero-order valence-electron chi connectivity index (χ0n) is 16.8. The van der Waals surface area contributed by atoms with Gasteiger partial charge in [0, 0.05) is 10.0 Å². The van der Waals surface area contributed by atoms with Crippen LogP contribution in [0.2, 0.25) is 0 Å². The summed E-state index contributed by atoms with van der Waals surface area (Å²) < 4.78 is 6.00. The van der Waals surface area contributed by atoms with E-state index in [0.717, 1.165) is 4.47 Å². The minimum atomic E-state index is -0.696. The molecular weight excluding hydrogens is 462 g/mol. The van der Waals surface area contributed by atoms with Crippen LogP contribution in [0.4, 0.5) is 5.69 Å². The van der Waals surface area contributed by atoms with Crippen LogP contribution in [0.25, 0.3) is 0 Å². The first-order valence-electron chi connectivity index (χ1n) is 9.97. The molecule has 0 bridgehead atoms. The summed E-state index contributed by atoms with van der Waals surface area (Å²) >= 11 is 3.30. The lowest BCUT2D eigenvalue weighted by molar-refractivity contribution is -0.122. The number of ether oxygens (including phenoxy) is 1. The lowest BCUT2D eigenvalue weighted by Gasteiger charge is -2.22. The topological polar surface area (TPSA) is 80.8 Å². The lowest BCUT2D eigenvalue weighted by Crippen LogP contribution is -2.31. The van der Waals surface area contributed by atoms with E-state index in [1.807, 2.05) is 19.1 Å². The van der Waals surface area contributed by atoms with Gasteiger partial charge >= 0.3 is 5.97 Å². The Morgan fingerprint density at radius 1 is 1.06 bits per heavy atom. The molecule has 2 aromatic carbocycles. The van der Waals surface area contributed by atoms with Crippen LogP contribution in [0.15, 0.2) is 65.2 Å². The molecule has 0 unspecified atom stereocenters. The summed E-state index contributed by atoms with van der Waals surface area (Å²) in [7, 11) is 0. The Kier molecular flexibility index (Phi) is 5.87. The normalized spacial score (nSPS) is 22.4. The van der Waals surface area contributed by atoms with Crippen molar-refractivity contribution in [2.75, 3.05) is 11.5 Å². The van der Waals surface area contributed by atoms with Crippen LogP contribution in [0.5, 0.6) is 0 Å². The van der Waals surface area contributed by atoms with Crippen LogP contribution >= 0.6 is 15.9 Å². The number of hydrogen-bond acceptors (Lipinski definition) is 5. The fraction of sp³-hybridized carbons (Fsp3) is 0.250. The fourth-order valence-electron chi connectivity index (χ4n) is 4.11. The number of imide groups is 1. The highest BCUT2D eigenvalue weighted by molar-refractivity contribution is 9.10. The summed E-state index contributed by atoms with van der Waals surface area (Å²) in [4.78, 5) is 51.7. The summed E-state index contributed by atoms with van der Waals surface area (Å²) in [5.74, 6) is -2.28. The summed E-state index contributed by atoms with van der Waals surface area (Å²) in [5.41, 5.74) is 0.941. The third kappa shape index (κ3) is 4.10. The Morgan fingerprint density at radius 2 is 1.81 bits per heavy atom. The average Bonchev–Trinajstić information content (AvgIpc) is 3.03. The van der Waals surface area contributed by atoms with Crippen molar-refractivity contribution in [2.45, 2.75) is 13.3 Å². The van der Waals surface area contributed by atoms with Gasteiger partial charge in [0.05, 0.1) is 23.1 Å². The number of nitrogens with zero attached hydrogens (tertiary/aromatic N) is 1. The van der Waals surface area contributed by atoms with Gasteiger partial charge in [0.15, 0.2) is 12.4 Å². The van der Waals surface area contributed by atoms with Gasteiger partial charge in [-0.2, -0.15) is 0 Å². The minimum Gasteiger partial charge on any atom is -0.454 e. The Balaban J connectivity index is 1.47. The Labute approximate surface area is 188 Å². The first-order chi connectivity index (χ1) is 14.9. The summed E-state index contributed by atoms with van der Waals surface area (Å²) in [6.07, 6.45) is 4.44. The zero-order valence-corrected chi connectivity index (χ0v) is 18.4. The first kappa shape index (κ1) is 21.2. The van der Waals surface area contributed by atoms with Gasteiger partial charge in [-0.1, -0.05) is 53.2 Å². The van der Waals surface area contributed by atoms with Gasteiger partial charge in [-0.3, -0.25) is 19.3 Å². The van der Waals surface area contributed by atoms with E-state index in [-0.39, 0.29) is 40.9 Å². The molecule has 0 aromatic heterocycles. The summed E-state index contributed by atoms with van der Waals surface area (Å²) in [6, 6.07) is 12.9. The van der Waals surface area contributed by atoms with E-state index in [9.17, 15) is 19.2 Å². The number of carbonyl (C=O) groups excluding carboxylic acids is 4. The van der Waals surface area contributed by atoms with E-state index in [1.165, 1.54) is 17.0 Å². The smallest absolute Gasteiger partial charge is 0.338 e. The molecule has 4 rings (SSSR count). The number of halogens is 1. The average molecular weight is 482 g/mol. The van der Waals surface area contributed by atoms with Gasteiger partial charge in [-0.25, -0.2) is 4.79 Å². The van der Waals surface area contributed by atoms with Gasteiger partial charge < -0.3 is 4.74 Å². The van der Waals surface area contributed by atoms with Crippen LogP contribution in [0, 0.1) is 17.8 Å². The SMILES string of the molecule is C[C@@H]1C=CC[C@H]2C(=O)N(c3cccc(C(=O)OCC(=O)c4ccc(Br)cc4)c3)C(=O)[C@H]12. The highest BCUT2D eigenvalue weighted by atomic mass is 79.9. The molecule has 0 spiro atoms. The highest BCUT2D eigenvalue weighted by Crippen LogP contribution is 2.40. The van der Waals surface area contributed by atoms with Crippen molar-refractivity contribution in [1.29, 1.82) is 0 Å². The van der Waals surface area contributed by atoms with E-state index in [2.05, 4.69) is 15.9 Å². The molecule has 2 aromatic rings. The number of anilines is 1. The predicted octanol–water partition coefficient (Wildman–Crippen LogP) is 4.19. The zero-order chi connectivity index (χ0) is 22.1. The number of hydrogen-bond donors (Lipinski definition) is 0.